The largest absolute Gasteiger partial charge is 0.343 e. The molecule has 23 heavy (non-hydrogen) atoms. The first-order valence-electron chi connectivity index (χ1n) is 7.37. The quantitative estimate of drug-likeness (QED) is 0.459. The standard InChI is InChI=1S/C19H14ClN3.2H2/c1-23-16-10-6-5-9-14(16)17(15-11-12-21-19(20)22-15)18(23)13-7-3-2-4-8-13;;/h2-12H,1H3;2*1H. The average Bonchev–Trinajstić information content (AvgIpc) is 2.89. The van der Waals surface area contributed by atoms with Crippen LogP contribution in [0, 0.1) is 0 Å². The van der Waals surface area contributed by atoms with Crippen LogP contribution < -0.4 is 0 Å². The van der Waals surface area contributed by atoms with Crippen LogP contribution in [0.3, 0.4) is 0 Å². The first-order valence-corrected chi connectivity index (χ1v) is 7.75. The van der Waals surface area contributed by atoms with Crippen LogP contribution in [0.25, 0.3) is 33.4 Å². The molecule has 0 unspecified atom stereocenters. The summed E-state index contributed by atoms with van der Waals surface area (Å²) in [7, 11) is 2.08. The average molecular weight is 324 g/mol. The van der Waals surface area contributed by atoms with Crippen LogP contribution in [0.4, 0.5) is 0 Å². The van der Waals surface area contributed by atoms with Crippen molar-refractivity contribution in [1.82, 2.24) is 14.5 Å². The molecule has 0 aliphatic heterocycles. The second-order valence-corrected chi connectivity index (χ2v) is 5.71. The number of rotatable bonds is 2. The third-order valence-electron chi connectivity index (χ3n) is 4.04. The highest BCUT2D eigenvalue weighted by atomic mass is 35.5. The van der Waals surface area contributed by atoms with Crippen LogP contribution in [-0.4, -0.2) is 14.5 Å². The molecule has 0 spiro atoms. The fraction of sp³-hybridized carbons (Fsp3) is 0.0526. The minimum Gasteiger partial charge on any atom is -0.343 e. The summed E-state index contributed by atoms with van der Waals surface area (Å²) in [5.74, 6) is 0. The zero-order chi connectivity index (χ0) is 15.8. The Hall–Kier alpha value is -2.65. The van der Waals surface area contributed by atoms with Gasteiger partial charge in [-0.05, 0) is 29.3 Å². The van der Waals surface area contributed by atoms with E-state index in [1.165, 1.54) is 0 Å². The van der Waals surface area contributed by atoms with E-state index >= 15 is 0 Å². The summed E-state index contributed by atoms with van der Waals surface area (Å²) in [5, 5.41) is 1.41. The highest BCUT2D eigenvalue weighted by molar-refractivity contribution is 6.28. The smallest absolute Gasteiger partial charge is 0.222 e. The van der Waals surface area contributed by atoms with Gasteiger partial charge in [0.15, 0.2) is 0 Å². The van der Waals surface area contributed by atoms with Gasteiger partial charge in [0.05, 0.1) is 11.4 Å². The van der Waals surface area contributed by atoms with E-state index in [-0.39, 0.29) is 8.14 Å². The second kappa shape index (κ2) is 5.52. The van der Waals surface area contributed by atoms with Crippen molar-refractivity contribution in [2.75, 3.05) is 0 Å². The molecular weight excluding hydrogens is 306 g/mol. The summed E-state index contributed by atoms with van der Waals surface area (Å²) in [5.41, 5.74) is 5.35. The van der Waals surface area contributed by atoms with Gasteiger partial charge in [0.2, 0.25) is 5.28 Å². The van der Waals surface area contributed by atoms with E-state index in [9.17, 15) is 0 Å². The summed E-state index contributed by atoms with van der Waals surface area (Å²) < 4.78 is 2.20. The summed E-state index contributed by atoms with van der Waals surface area (Å²) in [4.78, 5) is 8.44. The van der Waals surface area contributed by atoms with E-state index in [1.807, 2.05) is 36.4 Å². The predicted octanol–water partition coefficient (Wildman–Crippen LogP) is 5.45. The van der Waals surface area contributed by atoms with E-state index in [2.05, 4.69) is 45.8 Å². The summed E-state index contributed by atoms with van der Waals surface area (Å²) in [6.07, 6.45) is 1.70. The molecule has 4 heteroatoms. The molecule has 0 N–H and O–H groups in total. The Labute approximate surface area is 142 Å². The van der Waals surface area contributed by atoms with Crippen LogP contribution in [0.15, 0.2) is 66.9 Å². The Morgan fingerprint density at radius 1 is 0.957 bits per heavy atom. The van der Waals surface area contributed by atoms with E-state index in [0.717, 1.165) is 33.4 Å². The fourth-order valence-corrected chi connectivity index (χ4v) is 3.21. The van der Waals surface area contributed by atoms with Gasteiger partial charge < -0.3 is 4.57 Å². The van der Waals surface area contributed by atoms with Crippen molar-refractivity contribution in [3.63, 3.8) is 0 Å². The van der Waals surface area contributed by atoms with Crippen LogP contribution in [0.2, 0.25) is 5.28 Å². The van der Waals surface area contributed by atoms with Gasteiger partial charge in [0, 0.05) is 32.6 Å². The van der Waals surface area contributed by atoms with Crippen molar-refractivity contribution in [2.24, 2.45) is 7.05 Å². The number of benzene rings is 2. The van der Waals surface area contributed by atoms with Crippen LogP contribution in [0.5, 0.6) is 0 Å². The molecule has 2 heterocycles. The number of hydrogen-bond acceptors (Lipinski definition) is 2. The molecule has 4 aromatic rings. The number of aromatic nitrogens is 3. The highest BCUT2D eigenvalue weighted by Gasteiger charge is 2.18. The molecule has 2 aromatic heterocycles. The van der Waals surface area contributed by atoms with Crippen LogP contribution >= 0.6 is 11.6 Å². The first-order chi connectivity index (χ1) is 11.3. The van der Waals surface area contributed by atoms with Crippen LogP contribution in [-0.2, 0) is 7.05 Å². The van der Waals surface area contributed by atoms with Gasteiger partial charge in [-0.25, -0.2) is 9.97 Å². The minimum absolute atomic E-state index is 0. The first kappa shape index (κ1) is 14.0. The molecule has 0 amide bonds. The fourth-order valence-electron chi connectivity index (χ4n) is 3.06. The molecule has 0 atom stereocenters. The lowest BCUT2D eigenvalue weighted by molar-refractivity contribution is 0.978. The summed E-state index contributed by atoms with van der Waals surface area (Å²) in [6.45, 7) is 0. The summed E-state index contributed by atoms with van der Waals surface area (Å²) >= 11 is 6.02. The minimum atomic E-state index is 0. The molecule has 0 radical (unpaired) electrons. The molecule has 0 aliphatic rings. The number of aryl methyl sites for hydroxylation is 1. The zero-order valence-corrected chi connectivity index (χ0v) is 13.3. The molecule has 0 aliphatic carbocycles. The number of hydrogen-bond donors (Lipinski definition) is 0. The molecule has 2 aromatic carbocycles. The van der Waals surface area contributed by atoms with Crippen LogP contribution in [0.1, 0.15) is 2.85 Å². The Balaban J connectivity index is 0.00000113. The third kappa shape index (κ3) is 2.30. The van der Waals surface area contributed by atoms with Crippen molar-refractivity contribution < 1.29 is 2.85 Å². The number of para-hydroxylation sites is 1. The Bertz CT molecular complexity index is 1000. The lowest BCUT2D eigenvalue weighted by Gasteiger charge is -2.08. The molecule has 0 bridgehead atoms. The molecule has 0 saturated carbocycles. The maximum atomic E-state index is 6.02. The molecule has 0 fully saturated rings. The molecular formula is C19H18ClN3. The molecule has 116 valence electrons. The van der Waals surface area contributed by atoms with Crippen molar-refractivity contribution in [1.29, 1.82) is 0 Å². The van der Waals surface area contributed by atoms with Gasteiger partial charge in [-0.3, -0.25) is 0 Å². The van der Waals surface area contributed by atoms with E-state index in [4.69, 9.17) is 11.6 Å². The maximum absolute atomic E-state index is 6.02. The van der Waals surface area contributed by atoms with Crippen molar-refractivity contribution in [2.45, 2.75) is 0 Å². The zero-order valence-electron chi connectivity index (χ0n) is 12.6. The lowest BCUT2D eigenvalue weighted by Crippen LogP contribution is -1.93. The van der Waals surface area contributed by atoms with E-state index in [0.29, 0.717) is 0 Å². The van der Waals surface area contributed by atoms with Crippen molar-refractivity contribution in [3.05, 3.63) is 72.1 Å². The predicted molar refractivity (Wildman–Crippen MR) is 98.6 cm³/mol. The molecule has 3 nitrogen and oxygen atoms in total. The Morgan fingerprint density at radius 2 is 1.70 bits per heavy atom. The Kier molecular flexibility index (Phi) is 3.36. The number of nitrogens with zero attached hydrogens (tertiary/aromatic N) is 3. The Morgan fingerprint density at radius 3 is 2.48 bits per heavy atom. The van der Waals surface area contributed by atoms with E-state index in [1.54, 1.807) is 6.20 Å². The maximum Gasteiger partial charge on any atom is 0.222 e. The van der Waals surface area contributed by atoms with Gasteiger partial charge in [-0.2, -0.15) is 0 Å². The van der Waals surface area contributed by atoms with Crippen molar-refractivity contribution >= 4 is 22.5 Å². The number of halogens is 1. The normalized spacial score (nSPS) is 11.0. The monoisotopic (exact) mass is 323 g/mol. The molecule has 4 rings (SSSR count). The second-order valence-electron chi connectivity index (χ2n) is 5.38. The molecule has 0 saturated heterocycles. The highest BCUT2D eigenvalue weighted by Crippen LogP contribution is 2.39. The SMILES string of the molecule is Cn1c(-c2ccccc2)c(-c2ccnc(Cl)n2)c2ccccc21.[HH].[HH]. The van der Waals surface area contributed by atoms with Crippen molar-refractivity contribution in [3.8, 4) is 22.5 Å². The van der Waals surface area contributed by atoms with Gasteiger partial charge in [0.1, 0.15) is 0 Å². The van der Waals surface area contributed by atoms with Gasteiger partial charge in [0.25, 0.3) is 0 Å². The summed E-state index contributed by atoms with van der Waals surface area (Å²) in [6, 6.07) is 20.6. The van der Waals surface area contributed by atoms with Gasteiger partial charge in [-0.15, -0.1) is 0 Å². The van der Waals surface area contributed by atoms with E-state index < -0.39 is 0 Å². The van der Waals surface area contributed by atoms with Gasteiger partial charge >= 0.3 is 0 Å². The van der Waals surface area contributed by atoms with Gasteiger partial charge in [-0.1, -0.05) is 48.5 Å². The topological polar surface area (TPSA) is 30.7 Å². The lowest BCUT2D eigenvalue weighted by atomic mass is 10.0. The third-order valence-corrected chi connectivity index (χ3v) is 4.22. The number of fused-ring (bicyclic) bond motifs is 1.